The molecule has 3 rings (SSSR count). The number of fused-ring (bicyclic) bond motifs is 1. The van der Waals surface area contributed by atoms with Crippen LogP contribution < -0.4 is 5.32 Å². The summed E-state index contributed by atoms with van der Waals surface area (Å²) < 4.78 is 26.2. The highest BCUT2D eigenvalue weighted by Gasteiger charge is 2.41. The van der Waals surface area contributed by atoms with Gasteiger partial charge in [-0.2, -0.15) is 0 Å². The molecule has 2 aromatic rings. The summed E-state index contributed by atoms with van der Waals surface area (Å²) >= 11 is 12.5. The van der Waals surface area contributed by atoms with Gasteiger partial charge in [0.15, 0.2) is 0 Å². The van der Waals surface area contributed by atoms with Gasteiger partial charge in [0.25, 0.3) is 15.9 Å². The number of rotatable bonds is 8. The lowest BCUT2D eigenvalue weighted by atomic mass is 10.1. The quantitative estimate of drug-likeness (QED) is 0.586. The van der Waals surface area contributed by atoms with E-state index < -0.39 is 27.9 Å². The van der Waals surface area contributed by atoms with Crippen LogP contribution in [0.2, 0.25) is 10.0 Å². The first kappa shape index (κ1) is 25.0. The topological polar surface area (TPSA) is 104 Å². The molecule has 0 fully saturated rings. The number of halogens is 2. The molecule has 0 spiro atoms. The highest BCUT2D eigenvalue weighted by atomic mass is 35.5. The normalized spacial score (nSPS) is 15.2. The second kappa shape index (κ2) is 10.1. The third kappa shape index (κ3) is 5.00. The molecule has 11 heteroatoms. The summed E-state index contributed by atoms with van der Waals surface area (Å²) in [5, 5.41) is 3.33. The molecule has 1 aliphatic rings. The SMILES string of the molecule is CCNC(=O)[C@@H](C)N(Cc1c(Cl)cccc1Cl)C(=O)CCN1C(=O)c2ccccc2S1(=O)=O. The van der Waals surface area contributed by atoms with Gasteiger partial charge in [0.2, 0.25) is 11.8 Å². The predicted molar refractivity (Wildman–Crippen MR) is 124 cm³/mol. The molecule has 1 aliphatic heterocycles. The molecule has 8 nitrogen and oxygen atoms in total. The minimum absolute atomic E-state index is 0.0590. The van der Waals surface area contributed by atoms with E-state index in [9.17, 15) is 22.8 Å². The molecule has 33 heavy (non-hydrogen) atoms. The van der Waals surface area contributed by atoms with Crippen LogP contribution >= 0.6 is 23.2 Å². The van der Waals surface area contributed by atoms with Crippen molar-refractivity contribution in [2.45, 2.75) is 37.8 Å². The van der Waals surface area contributed by atoms with Gasteiger partial charge in [-0.25, -0.2) is 12.7 Å². The Balaban J connectivity index is 1.83. The zero-order chi connectivity index (χ0) is 24.3. The zero-order valence-corrected chi connectivity index (χ0v) is 20.4. The smallest absolute Gasteiger partial charge is 0.269 e. The molecule has 1 atom stereocenters. The monoisotopic (exact) mass is 511 g/mol. The molecule has 2 aromatic carbocycles. The van der Waals surface area contributed by atoms with Crippen molar-refractivity contribution >= 4 is 50.9 Å². The molecule has 0 radical (unpaired) electrons. The maximum atomic E-state index is 13.2. The predicted octanol–water partition coefficient (Wildman–Crippen LogP) is 3.08. The molecule has 0 saturated heterocycles. The fraction of sp³-hybridized carbons (Fsp3) is 0.318. The summed E-state index contributed by atoms with van der Waals surface area (Å²) in [5.41, 5.74) is 0.531. The van der Waals surface area contributed by atoms with E-state index in [0.29, 0.717) is 26.5 Å². The van der Waals surface area contributed by atoms with Gasteiger partial charge >= 0.3 is 0 Å². The summed E-state index contributed by atoms with van der Waals surface area (Å²) in [6.45, 7) is 3.27. The molecule has 1 N–H and O–H groups in total. The number of sulfonamides is 1. The van der Waals surface area contributed by atoms with Crippen LogP contribution in [0.1, 0.15) is 36.2 Å². The van der Waals surface area contributed by atoms with Crippen molar-refractivity contribution < 1.29 is 22.8 Å². The van der Waals surface area contributed by atoms with Crippen molar-refractivity contribution in [1.29, 1.82) is 0 Å². The number of hydrogen-bond acceptors (Lipinski definition) is 5. The third-order valence-corrected chi connectivity index (χ3v) is 7.90. The van der Waals surface area contributed by atoms with Crippen LogP contribution in [-0.4, -0.2) is 54.5 Å². The van der Waals surface area contributed by atoms with Gasteiger partial charge < -0.3 is 10.2 Å². The third-order valence-electron chi connectivity index (χ3n) is 5.35. The summed E-state index contributed by atoms with van der Waals surface area (Å²) in [6.07, 6.45) is -0.315. The van der Waals surface area contributed by atoms with E-state index in [1.807, 2.05) is 0 Å². The van der Waals surface area contributed by atoms with Gasteiger partial charge in [-0.05, 0) is 38.1 Å². The average Bonchev–Trinajstić information content (AvgIpc) is 2.97. The van der Waals surface area contributed by atoms with Crippen LogP contribution in [-0.2, 0) is 26.2 Å². The fourth-order valence-corrected chi connectivity index (χ4v) is 5.64. The van der Waals surface area contributed by atoms with Crippen LogP contribution in [0, 0.1) is 0 Å². The first-order valence-corrected chi connectivity index (χ1v) is 12.4. The van der Waals surface area contributed by atoms with Crippen LogP contribution in [0.4, 0.5) is 0 Å². The van der Waals surface area contributed by atoms with Crippen molar-refractivity contribution in [2.75, 3.05) is 13.1 Å². The Morgan fingerprint density at radius 3 is 2.33 bits per heavy atom. The summed E-state index contributed by atoms with van der Waals surface area (Å²) in [5.74, 6) is -1.59. The summed E-state index contributed by atoms with van der Waals surface area (Å²) in [7, 11) is -4.04. The van der Waals surface area contributed by atoms with Crippen LogP contribution in [0.3, 0.4) is 0 Å². The largest absolute Gasteiger partial charge is 0.355 e. The Morgan fingerprint density at radius 2 is 1.73 bits per heavy atom. The molecular weight excluding hydrogens is 489 g/mol. The van der Waals surface area contributed by atoms with E-state index in [2.05, 4.69) is 5.32 Å². The Bertz CT molecular complexity index is 1180. The highest BCUT2D eigenvalue weighted by Crippen LogP contribution is 2.30. The van der Waals surface area contributed by atoms with E-state index in [0.717, 1.165) is 0 Å². The Hall–Kier alpha value is -2.62. The maximum Gasteiger partial charge on any atom is 0.269 e. The number of carbonyl (C=O) groups is 3. The van der Waals surface area contributed by atoms with Gasteiger partial charge in [-0.1, -0.05) is 41.4 Å². The van der Waals surface area contributed by atoms with Crippen LogP contribution in [0.25, 0.3) is 0 Å². The highest BCUT2D eigenvalue weighted by molar-refractivity contribution is 7.90. The van der Waals surface area contributed by atoms with Crippen molar-refractivity contribution in [2.24, 2.45) is 0 Å². The van der Waals surface area contributed by atoms with Gasteiger partial charge in [0, 0.05) is 41.7 Å². The van der Waals surface area contributed by atoms with Gasteiger partial charge in [0.05, 0.1) is 5.56 Å². The lowest BCUT2D eigenvalue weighted by Gasteiger charge is -2.30. The fourth-order valence-electron chi connectivity index (χ4n) is 3.55. The van der Waals surface area contributed by atoms with E-state index in [1.165, 1.54) is 23.1 Å². The molecule has 3 amide bonds. The number of amides is 3. The molecule has 0 unspecified atom stereocenters. The standard InChI is InChI=1S/C22H23Cl2N3O5S/c1-3-25-21(29)14(2)26(13-16-17(23)8-6-9-18(16)24)20(28)11-12-27-22(30)15-7-4-5-10-19(15)33(27,31)32/h4-10,14H,3,11-13H2,1-2H3,(H,25,29)/t14-/m1/s1. The molecule has 0 aliphatic carbocycles. The first-order chi connectivity index (χ1) is 15.6. The molecule has 0 aromatic heterocycles. The second-order valence-corrected chi connectivity index (χ2v) is 10.1. The van der Waals surface area contributed by atoms with Crippen molar-refractivity contribution in [1.82, 2.24) is 14.5 Å². The Labute approximate surface area is 202 Å². The van der Waals surface area contributed by atoms with Gasteiger partial charge in [-0.15, -0.1) is 0 Å². The van der Waals surface area contributed by atoms with E-state index >= 15 is 0 Å². The van der Waals surface area contributed by atoms with Crippen LogP contribution in [0.5, 0.6) is 0 Å². The van der Waals surface area contributed by atoms with Gasteiger partial charge in [0.1, 0.15) is 10.9 Å². The number of benzene rings is 2. The van der Waals surface area contributed by atoms with Crippen LogP contribution in [0.15, 0.2) is 47.4 Å². The number of nitrogens with one attached hydrogen (secondary N) is 1. The van der Waals surface area contributed by atoms with Crippen molar-refractivity contribution in [3.63, 3.8) is 0 Å². The molecule has 0 bridgehead atoms. The van der Waals surface area contributed by atoms with Gasteiger partial charge in [-0.3, -0.25) is 14.4 Å². The van der Waals surface area contributed by atoms with Crippen molar-refractivity contribution in [3.05, 3.63) is 63.6 Å². The number of nitrogens with zero attached hydrogens (tertiary/aromatic N) is 2. The lowest BCUT2D eigenvalue weighted by molar-refractivity contribution is -0.140. The summed E-state index contributed by atoms with van der Waals surface area (Å²) in [4.78, 5) is 39.5. The number of likely N-dealkylation sites (N-methyl/N-ethyl adjacent to an activating group) is 1. The van der Waals surface area contributed by atoms with E-state index in [-0.39, 0.29) is 35.9 Å². The number of hydrogen-bond donors (Lipinski definition) is 1. The Kier molecular flexibility index (Phi) is 7.66. The second-order valence-electron chi connectivity index (χ2n) is 7.42. The first-order valence-electron chi connectivity index (χ1n) is 10.3. The molecule has 0 saturated carbocycles. The molecule has 1 heterocycles. The Morgan fingerprint density at radius 1 is 1.09 bits per heavy atom. The van der Waals surface area contributed by atoms with Crippen molar-refractivity contribution in [3.8, 4) is 0 Å². The maximum absolute atomic E-state index is 13.2. The minimum atomic E-state index is -4.04. The number of carbonyl (C=O) groups excluding carboxylic acids is 3. The molecule has 176 valence electrons. The summed E-state index contributed by atoms with van der Waals surface area (Å²) in [6, 6.07) is 9.91. The van der Waals surface area contributed by atoms with E-state index in [1.54, 1.807) is 38.1 Å². The molecular formula is C22H23Cl2N3O5S. The lowest BCUT2D eigenvalue weighted by Crippen LogP contribution is -2.48. The van der Waals surface area contributed by atoms with E-state index in [4.69, 9.17) is 23.2 Å². The minimum Gasteiger partial charge on any atom is -0.355 e. The average molecular weight is 512 g/mol. The zero-order valence-electron chi connectivity index (χ0n) is 18.0.